The lowest BCUT2D eigenvalue weighted by Crippen LogP contribution is -1.91. The van der Waals surface area contributed by atoms with E-state index in [0.717, 1.165) is 33.8 Å². The molecule has 50 heavy (non-hydrogen) atoms. The van der Waals surface area contributed by atoms with Crippen LogP contribution in [-0.2, 0) is 0 Å². The van der Waals surface area contributed by atoms with Gasteiger partial charge in [0.25, 0.3) is 0 Å². The second-order valence-corrected chi connectivity index (χ2v) is 12.9. The molecular formula is C48H30O2. The van der Waals surface area contributed by atoms with E-state index in [1.807, 2.05) is 60.7 Å². The Hall–Kier alpha value is -6.64. The van der Waals surface area contributed by atoms with Gasteiger partial charge in [0.05, 0.1) is 0 Å². The van der Waals surface area contributed by atoms with Gasteiger partial charge in [-0.1, -0.05) is 109 Å². The van der Waals surface area contributed by atoms with Crippen LogP contribution in [0.3, 0.4) is 0 Å². The molecule has 0 saturated heterocycles. The zero-order valence-corrected chi connectivity index (χ0v) is 27.1. The lowest BCUT2D eigenvalue weighted by molar-refractivity contribution is 0.483. The Morgan fingerprint density at radius 2 is 0.680 bits per heavy atom. The monoisotopic (exact) mass is 638 g/mol. The van der Waals surface area contributed by atoms with E-state index in [9.17, 15) is 0 Å². The molecule has 10 rings (SSSR count). The fraction of sp³-hybridized carbons (Fsp3) is 0. The molecule has 0 aliphatic rings. The van der Waals surface area contributed by atoms with Gasteiger partial charge in [0, 0.05) is 0 Å². The number of para-hydroxylation sites is 2. The van der Waals surface area contributed by atoms with Gasteiger partial charge in [-0.2, -0.15) is 0 Å². The molecule has 10 aromatic carbocycles. The largest absolute Gasteiger partial charge is 0.457 e. The molecule has 0 fully saturated rings. The number of rotatable bonds is 6. The van der Waals surface area contributed by atoms with Crippen molar-refractivity contribution in [2.75, 3.05) is 0 Å². The molecule has 0 heterocycles. The first-order valence-electron chi connectivity index (χ1n) is 17.0. The molecule has 10 aromatic rings. The van der Waals surface area contributed by atoms with Crippen molar-refractivity contribution >= 4 is 53.9 Å². The summed E-state index contributed by atoms with van der Waals surface area (Å²) in [6.45, 7) is 0. The van der Waals surface area contributed by atoms with Gasteiger partial charge >= 0.3 is 0 Å². The Kier molecular flexibility index (Phi) is 6.53. The average Bonchev–Trinajstić information content (AvgIpc) is 3.17. The van der Waals surface area contributed by atoms with E-state index < -0.39 is 0 Å². The van der Waals surface area contributed by atoms with Gasteiger partial charge in [-0.3, -0.25) is 0 Å². The number of fused-ring (bicyclic) bond motifs is 2. The minimum Gasteiger partial charge on any atom is -0.457 e. The maximum absolute atomic E-state index is 6.11. The minimum atomic E-state index is 0.836. The molecule has 0 N–H and O–H groups in total. The van der Waals surface area contributed by atoms with Crippen molar-refractivity contribution in [1.29, 1.82) is 0 Å². The summed E-state index contributed by atoms with van der Waals surface area (Å²) in [5.41, 5.74) is 4.90. The molecule has 0 atom stereocenters. The second kappa shape index (κ2) is 11.5. The molecule has 0 aromatic heterocycles. The molecule has 0 radical (unpaired) electrons. The van der Waals surface area contributed by atoms with E-state index >= 15 is 0 Å². The molecular weight excluding hydrogens is 609 g/mol. The standard InChI is InChI=1S/C48H30O2/c1-3-11-39(12-4-1)49-41-23-21-31-25-35(19-17-33(31)27-41)45-29-37-9-8-16-44-46(30-38-10-7-15-43(45)47(38)48(37)44)36-20-18-34-28-42(24-22-32(34)26-36)50-40-13-5-2-6-14-40/h1-30H. The fourth-order valence-corrected chi connectivity index (χ4v) is 7.49. The summed E-state index contributed by atoms with van der Waals surface area (Å²) in [4.78, 5) is 0. The highest BCUT2D eigenvalue weighted by Crippen LogP contribution is 2.45. The van der Waals surface area contributed by atoms with Crippen LogP contribution in [0.2, 0.25) is 0 Å². The van der Waals surface area contributed by atoms with Crippen molar-refractivity contribution in [1.82, 2.24) is 0 Å². The van der Waals surface area contributed by atoms with E-state index in [0.29, 0.717) is 0 Å². The van der Waals surface area contributed by atoms with E-state index in [2.05, 4.69) is 121 Å². The Balaban J connectivity index is 1.06. The number of hydrogen-bond acceptors (Lipinski definition) is 2. The van der Waals surface area contributed by atoms with Gasteiger partial charge in [0.15, 0.2) is 0 Å². The van der Waals surface area contributed by atoms with Gasteiger partial charge in [-0.15, -0.1) is 0 Å². The van der Waals surface area contributed by atoms with Gasteiger partial charge in [0.1, 0.15) is 23.0 Å². The predicted octanol–water partition coefficient (Wildman–Crippen LogP) is 13.8. The van der Waals surface area contributed by atoms with Crippen LogP contribution in [0.5, 0.6) is 23.0 Å². The second-order valence-electron chi connectivity index (χ2n) is 12.9. The van der Waals surface area contributed by atoms with Crippen molar-refractivity contribution in [2.24, 2.45) is 0 Å². The van der Waals surface area contributed by atoms with E-state index in [1.54, 1.807) is 0 Å². The normalized spacial score (nSPS) is 11.6. The predicted molar refractivity (Wildman–Crippen MR) is 209 cm³/mol. The van der Waals surface area contributed by atoms with Gasteiger partial charge in [-0.25, -0.2) is 0 Å². The van der Waals surface area contributed by atoms with Crippen LogP contribution in [0.15, 0.2) is 182 Å². The third-order valence-corrected chi connectivity index (χ3v) is 9.83. The van der Waals surface area contributed by atoms with Crippen LogP contribution in [-0.4, -0.2) is 0 Å². The van der Waals surface area contributed by atoms with Crippen LogP contribution in [0.1, 0.15) is 0 Å². The lowest BCUT2D eigenvalue weighted by Gasteiger charge is -2.18. The van der Waals surface area contributed by atoms with Gasteiger partial charge in [0.2, 0.25) is 0 Å². The molecule has 0 aliphatic carbocycles. The molecule has 0 saturated carbocycles. The fourth-order valence-electron chi connectivity index (χ4n) is 7.49. The van der Waals surface area contributed by atoms with Crippen LogP contribution < -0.4 is 9.47 Å². The molecule has 0 spiro atoms. The van der Waals surface area contributed by atoms with Crippen molar-refractivity contribution in [3.05, 3.63) is 182 Å². The average molecular weight is 639 g/mol. The van der Waals surface area contributed by atoms with Crippen LogP contribution >= 0.6 is 0 Å². The van der Waals surface area contributed by atoms with Crippen LogP contribution in [0.4, 0.5) is 0 Å². The highest BCUT2D eigenvalue weighted by molar-refractivity contribution is 6.29. The van der Waals surface area contributed by atoms with Crippen molar-refractivity contribution in [2.45, 2.75) is 0 Å². The molecule has 0 bridgehead atoms. The summed E-state index contributed by atoms with van der Waals surface area (Å²) in [7, 11) is 0. The Morgan fingerprint density at radius 1 is 0.260 bits per heavy atom. The zero-order valence-electron chi connectivity index (χ0n) is 27.1. The molecule has 234 valence electrons. The summed E-state index contributed by atoms with van der Waals surface area (Å²) in [6, 6.07) is 64.2. The summed E-state index contributed by atoms with van der Waals surface area (Å²) < 4.78 is 12.2. The number of hydrogen-bond donors (Lipinski definition) is 0. The van der Waals surface area contributed by atoms with Crippen molar-refractivity contribution in [3.63, 3.8) is 0 Å². The smallest absolute Gasteiger partial charge is 0.128 e. The van der Waals surface area contributed by atoms with E-state index in [4.69, 9.17) is 9.47 Å². The summed E-state index contributed by atoms with van der Waals surface area (Å²) in [6.07, 6.45) is 0. The van der Waals surface area contributed by atoms with Crippen LogP contribution in [0.25, 0.3) is 76.1 Å². The topological polar surface area (TPSA) is 18.5 Å². The number of ether oxygens (including phenoxy) is 2. The highest BCUT2D eigenvalue weighted by atomic mass is 16.5. The first-order chi connectivity index (χ1) is 24.7. The van der Waals surface area contributed by atoms with Crippen molar-refractivity contribution < 1.29 is 9.47 Å². The highest BCUT2D eigenvalue weighted by Gasteiger charge is 2.17. The molecule has 0 amide bonds. The number of benzene rings is 10. The van der Waals surface area contributed by atoms with E-state index in [1.165, 1.54) is 65.3 Å². The van der Waals surface area contributed by atoms with E-state index in [-0.39, 0.29) is 0 Å². The SMILES string of the molecule is c1ccc(Oc2ccc3cc(-c4cc5cccc6c(-c7ccc8cc(Oc9ccccc9)ccc8c7)cc7cccc4c7c56)ccc3c2)cc1. The first-order valence-corrected chi connectivity index (χ1v) is 17.0. The Labute approximate surface area is 289 Å². The third-order valence-electron chi connectivity index (χ3n) is 9.83. The minimum absolute atomic E-state index is 0.836. The summed E-state index contributed by atoms with van der Waals surface area (Å²) >= 11 is 0. The third kappa shape index (κ3) is 4.89. The van der Waals surface area contributed by atoms with Crippen LogP contribution in [0, 0.1) is 0 Å². The quantitative estimate of drug-likeness (QED) is 0.169. The maximum Gasteiger partial charge on any atom is 0.128 e. The Morgan fingerprint density at radius 3 is 1.14 bits per heavy atom. The Bertz CT molecular complexity index is 2660. The maximum atomic E-state index is 6.11. The molecule has 0 unspecified atom stereocenters. The first kappa shape index (κ1) is 28.4. The molecule has 0 aliphatic heterocycles. The molecule has 2 nitrogen and oxygen atoms in total. The summed E-state index contributed by atoms with van der Waals surface area (Å²) in [5.74, 6) is 3.35. The van der Waals surface area contributed by atoms with Gasteiger partial charge < -0.3 is 9.47 Å². The van der Waals surface area contributed by atoms with Crippen molar-refractivity contribution in [3.8, 4) is 45.3 Å². The molecule has 2 heteroatoms. The van der Waals surface area contributed by atoms with Gasteiger partial charge in [-0.05, 0) is 149 Å². The summed E-state index contributed by atoms with van der Waals surface area (Å²) in [5, 5.41) is 12.3. The zero-order chi connectivity index (χ0) is 33.0. The lowest BCUT2D eigenvalue weighted by atomic mass is 9.85.